The summed E-state index contributed by atoms with van der Waals surface area (Å²) in [7, 11) is 0. The third-order valence-electron chi connectivity index (χ3n) is 4.92. The molecule has 32 heavy (non-hydrogen) atoms. The lowest BCUT2D eigenvalue weighted by atomic mass is 9.97. The van der Waals surface area contributed by atoms with Gasteiger partial charge in [0.1, 0.15) is 17.4 Å². The first-order valence-corrected chi connectivity index (χ1v) is 10.2. The minimum Gasteiger partial charge on any atom is -0.508 e. The molecule has 0 fully saturated rings. The van der Waals surface area contributed by atoms with Crippen LogP contribution in [0.4, 0.5) is 8.78 Å². The molecular weight excluding hydrogens is 436 g/mol. The van der Waals surface area contributed by atoms with Gasteiger partial charge in [-0.15, -0.1) is 11.3 Å². The average Bonchev–Trinajstić information content (AvgIpc) is 3.36. The topological polar surface area (TPSA) is 83.6 Å². The van der Waals surface area contributed by atoms with E-state index in [1.807, 2.05) is 0 Å². The van der Waals surface area contributed by atoms with Crippen LogP contribution < -0.4 is 0 Å². The largest absolute Gasteiger partial charge is 0.508 e. The molecular formula is C24H13F2NO4S. The fourth-order valence-corrected chi connectivity index (χ4v) is 4.75. The summed E-state index contributed by atoms with van der Waals surface area (Å²) >= 11 is 1.13. The Labute approximate surface area is 183 Å². The number of hydrogen-bond acceptors (Lipinski definition) is 6. The average molecular weight is 449 g/mol. The van der Waals surface area contributed by atoms with Gasteiger partial charge >= 0.3 is 0 Å². The van der Waals surface area contributed by atoms with E-state index in [0.29, 0.717) is 27.5 Å². The van der Waals surface area contributed by atoms with E-state index < -0.39 is 17.4 Å². The monoisotopic (exact) mass is 449 g/mol. The molecule has 0 unspecified atom stereocenters. The second-order valence-corrected chi connectivity index (χ2v) is 8.11. The number of halogens is 2. The summed E-state index contributed by atoms with van der Waals surface area (Å²) in [5, 5.41) is 20.0. The summed E-state index contributed by atoms with van der Waals surface area (Å²) in [5.74, 6) is -2.16. The number of fused-ring (bicyclic) bond motifs is 1. The maximum Gasteiger partial charge on any atom is 0.250 e. The summed E-state index contributed by atoms with van der Waals surface area (Å²) in [6.45, 7) is 0. The van der Waals surface area contributed by atoms with Crippen LogP contribution in [0, 0.1) is 11.6 Å². The van der Waals surface area contributed by atoms with Gasteiger partial charge in [-0.1, -0.05) is 12.1 Å². The highest BCUT2D eigenvalue weighted by molar-refractivity contribution is 7.21. The lowest BCUT2D eigenvalue weighted by molar-refractivity contribution is 0.104. The van der Waals surface area contributed by atoms with Crippen molar-refractivity contribution in [2.75, 3.05) is 0 Å². The van der Waals surface area contributed by atoms with Crippen LogP contribution in [0.3, 0.4) is 0 Å². The molecule has 2 heterocycles. The number of thiophene rings is 1. The minimum absolute atomic E-state index is 0.0418. The van der Waals surface area contributed by atoms with Crippen molar-refractivity contribution in [3.63, 3.8) is 0 Å². The molecule has 0 atom stereocenters. The molecule has 8 heteroatoms. The Morgan fingerprint density at radius 2 is 1.59 bits per heavy atom. The third kappa shape index (κ3) is 3.50. The number of carbonyl (C=O) groups excluding carboxylic acids is 1. The number of aromatic nitrogens is 1. The molecule has 0 aliphatic heterocycles. The lowest BCUT2D eigenvalue weighted by Crippen LogP contribution is -2.02. The Morgan fingerprint density at radius 3 is 2.25 bits per heavy atom. The van der Waals surface area contributed by atoms with E-state index in [0.717, 1.165) is 35.1 Å². The van der Waals surface area contributed by atoms with E-state index in [9.17, 15) is 23.8 Å². The number of aromatic hydroxyl groups is 2. The van der Waals surface area contributed by atoms with E-state index in [2.05, 4.69) is 4.98 Å². The normalized spacial score (nSPS) is 11.2. The third-order valence-corrected chi connectivity index (χ3v) is 6.07. The molecule has 2 aromatic heterocycles. The summed E-state index contributed by atoms with van der Waals surface area (Å²) < 4.78 is 33.3. The van der Waals surface area contributed by atoms with Crippen molar-refractivity contribution in [2.45, 2.75) is 0 Å². The lowest BCUT2D eigenvalue weighted by Gasteiger charge is -2.07. The second-order valence-electron chi connectivity index (χ2n) is 7.06. The van der Waals surface area contributed by atoms with E-state index in [-0.39, 0.29) is 28.0 Å². The quantitative estimate of drug-likeness (QED) is 0.322. The van der Waals surface area contributed by atoms with Crippen molar-refractivity contribution in [2.24, 2.45) is 0 Å². The number of nitrogens with zero attached hydrogens (tertiary/aromatic N) is 1. The van der Waals surface area contributed by atoms with Crippen molar-refractivity contribution in [1.29, 1.82) is 0 Å². The number of benzene rings is 3. The van der Waals surface area contributed by atoms with Gasteiger partial charge < -0.3 is 14.6 Å². The van der Waals surface area contributed by atoms with Gasteiger partial charge in [0, 0.05) is 32.8 Å². The van der Waals surface area contributed by atoms with E-state index in [1.165, 1.54) is 12.1 Å². The fourth-order valence-electron chi connectivity index (χ4n) is 3.53. The molecule has 5 rings (SSSR count). The highest BCUT2D eigenvalue weighted by atomic mass is 32.1. The molecule has 0 amide bonds. The highest BCUT2D eigenvalue weighted by Gasteiger charge is 2.22. The van der Waals surface area contributed by atoms with Crippen molar-refractivity contribution < 1.29 is 28.2 Å². The van der Waals surface area contributed by atoms with E-state index >= 15 is 0 Å². The van der Waals surface area contributed by atoms with Gasteiger partial charge in [-0.3, -0.25) is 4.79 Å². The van der Waals surface area contributed by atoms with Crippen molar-refractivity contribution >= 4 is 27.2 Å². The predicted octanol–water partition coefficient (Wildman–Crippen LogP) is 6.14. The van der Waals surface area contributed by atoms with Gasteiger partial charge in [-0.2, -0.15) is 4.98 Å². The molecule has 0 aliphatic carbocycles. The Morgan fingerprint density at radius 1 is 0.906 bits per heavy atom. The number of rotatable bonds is 4. The van der Waals surface area contributed by atoms with E-state index in [4.69, 9.17) is 4.42 Å². The minimum atomic E-state index is -0.841. The molecule has 0 spiro atoms. The number of phenolic OH excluding ortho intramolecular Hbond substituents is 1. The number of ketones is 1. The first-order chi connectivity index (χ1) is 15.4. The summed E-state index contributed by atoms with van der Waals surface area (Å²) in [6, 6.07) is 14.4. The number of hydrogen-bond donors (Lipinski definition) is 2. The van der Waals surface area contributed by atoms with Crippen LogP contribution in [0.5, 0.6) is 11.6 Å². The first kappa shape index (κ1) is 19.9. The van der Waals surface area contributed by atoms with Crippen LogP contribution in [0.25, 0.3) is 32.7 Å². The molecule has 158 valence electrons. The molecule has 0 aliphatic rings. The number of phenols is 1. The number of carbonyl (C=O) groups is 1. The first-order valence-electron chi connectivity index (χ1n) is 9.40. The summed E-state index contributed by atoms with van der Waals surface area (Å²) in [5.41, 5.74) is 1.78. The summed E-state index contributed by atoms with van der Waals surface area (Å²) in [6.07, 6.45) is 1.12. The summed E-state index contributed by atoms with van der Waals surface area (Å²) in [4.78, 5) is 17.4. The van der Waals surface area contributed by atoms with Crippen LogP contribution in [0.15, 0.2) is 71.3 Å². The Bertz CT molecular complexity index is 1470. The molecule has 5 nitrogen and oxygen atoms in total. The number of oxazole rings is 1. The second kappa shape index (κ2) is 7.58. The zero-order valence-electron chi connectivity index (χ0n) is 16.2. The zero-order valence-corrected chi connectivity index (χ0v) is 17.0. The Hall–Kier alpha value is -4.04. The van der Waals surface area contributed by atoms with Crippen LogP contribution in [0.1, 0.15) is 15.2 Å². The SMILES string of the molecule is O=C(c1cc(F)cc(F)c1)c1sc2cc(O)ccc2c1-c1ccc(-c2nc(O)co2)cc1. The Kier molecular flexibility index (Phi) is 4.71. The maximum atomic E-state index is 13.7. The molecule has 2 N–H and O–H groups in total. The van der Waals surface area contributed by atoms with Crippen LogP contribution >= 0.6 is 11.3 Å². The van der Waals surface area contributed by atoms with E-state index in [1.54, 1.807) is 30.3 Å². The van der Waals surface area contributed by atoms with Gasteiger partial charge in [-0.25, -0.2) is 8.78 Å². The Balaban J connectivity index is 1.67. The predicted molar refractivity (Wildman–Crippen MR) is 116 cm³/mol. The van der Waals surface area contributed by atoms with Crippen LogP contribution in [0.2, 0.25) is 0 Å². The highest BCUT2D eigenvalue weighted by Crippen LogP contribution is 2.41. The van der Waals surface area contributed by atoms with Gasteiger partial charge in [-0.05, 0) is 48.0 Å². The van der Waals surface area contributed by atoms with Gasteiger partial charge in [0.2, 0.25) is 11.7 Å². The molecule has 0 saturated carbocycles. The zero-order chi connectivity index (χ0) is 22.4. The standard InChI is InChI=1S/C24H13F2NO4S/c25-15-7-14(8-16(26)9-15)22(30)23-21(18-6-5-17(28)10-19(18)32-23)12-1-3-13(4-2-12)24-27-20(29)11-31-24/h1-11,28-29H. The van der Waals surface area contributed by atoms with Crippen LogP contribution in [-0.4, -0.2) is 21.0 Å². The molecule has 3 aromatic carbocycles. The fraction of sp³-hybridized carbons (Fsp3) is 0. The molecule has 0 bridgehead atoms. The maximum absolute atomic E-state index is 13.7. The molecule has 0 radical (unpaired) electrons. The van der Waals surface area contributed by atoms with Crippen LogP contribution in [-0.2, 0) is 0 Å². The molecule has 5 aromatic rings. The smallest absolute Gasteiger partial charge is 0.250 e. The van der Waals surface area contributed by atoms with Gasteiger partial charge in [0.05, 0.1) is 4.88 Å². The van der Waals surface area contributed by atoms with Gasteiger partial charge in [0.15, 0.2) is 6.26 Å². The van der Waals surface area contributed by atoms with Crippen molar-refractivity contribution in [3.05, 3.63) is 89.0 Å². The van der Waals surface area contributed by atoms with Crippen molar-refractivity contribution in [3.8, 4) is 34.2 Å². The van der Waals surface area contributed by atoms with Gasteiger partial charge in [0.25, 0.3) is 5.88 Å². The molecule has 0 saturated heterocycles. The van der Waals surface area contributed by atoms with Crippen molar-refractivity contribution in [1.82, 2.24) is 4.98 Å².